The first-order valence-corrected chi connectivity index (χ1v) is 14.5. The molecule has 12 heteroatoms. The summed E-state index contributed by atoms with van der Waals surface area (Å²) in [4.78, 5) is 29.9. The molecule has 2 aliphatic heterocycles. The molecule has 0 aliphatic carbocycles. The molecule has 0 radical (unpaired) electrons. The summed E-state index contributed by atoms with van der Waals surface area (Å²) >= 11 is 9.44. The number of halogens is 3. The number of hydrogen-bond donors (Lipinski definition) is 0. The fourth-order valence-electron chi connectivity index (χ4n) is 5.80. The molecule has 2 aliphatic rings. The van der Waals surface area contributed by atoms with Gasteiger partial charge in [-0.2, -0.15) is 5.10 Å². The summed E-state index contributed by atoms with van der Waals surface area (Å²) in [6.07, 6.45) is 3.73. The summed E-state index contributed by atoms with van der Waals surface area (Å²) in [7, 11) is 1.65. The van der Waals surface area contributed by atoms with Crippen LogP contribution in [-0.2, 0) is 22.7 Å². The van der Waals surface area contributed by atoms with E-state index in [1.165, 1.54) is 17.0 Å². The number of hydrogen-bond acceptors (Lipinski definition) is 5. The summed E-state index contributed by atoms with van der Waals surface area (Å²) in [6, 6.07) is 10.1. The van der Waals surface area contributed by atoms with E-state index in [9.17, 15) is 14.0 Å². The zero-order valence-corrected chi connectivity index (χ0v) is 25.1. The second-order valence-electron chi connectivity index (χ2n) is 10.7. The quantitative estimate of drug-likeness (QED) is 0.300. The molecule has 3 atom stereocenters. The number of amides is 2. The highest BCUT2D eigenvalue weighted by Gasteiger charge is 2.45. The highest BCUT2D eigenvalue weighted by atomic mass is 79.9. The summed E-state index contributed by atoms with van der Waals surface area (Å²) in [6.45, 7) is 5.40. The van der Waals surface area contributed by atoms with Crippen LogP contribution >= 0.6 is 27.5 Å². The minimum atomic E-state index is -0.637. The van der Waals surface area contributed by atoms with E-state index in [0.717, 1.165) is 26.9 Å². The van der Waals surface area contributed by atoms with Crippen LogP contribution in [0, 0.1) is 18.7 Å². The molecule has 0 spiro atoms. The van der Waals surface area contributed by atoms with Gasteiger partial charge < -0.3 is 9.80 Å². The lowest BCUT2D eigenvalue weighted by atomic mass is 9.92. The predicted octanol–water partition coefficient (Wildman–Crippen LogP) is 5.18. The molecule has 9 nitrogen and oxygen atoms in total. The summed E-state index contributed by atoms with van der Waals surface area (Å²) in [5.74, 6) is -1.52. The molecule has 41 heavy (non-hydrogen) atoms. The highest BCUT2D eigenvalue weighted by Crippen LogP contribution is 2.40. The average molecular weight is 641 g/mol. The van der Waals surface area contributed by atoms with Crippen LogP contribution in [0.5, 0.6) is 0 Å². The standard InChI is InChI=1S/C29H28BrClFN7O2/c1-16-10-18(4-6-22(16)30)17(2)39-14-25(34-35-39)21-13-33-38-9-8-37(15-26(21)38)29(41)20-12-27(40)36(3)28(20)19-5-7-23(31)24(32)11-19/h4-7,10-11,13-14,17,20,28H,8-9,12,15H2,1-3H3/t17-,20?,28?/m1/s1. The minimum absolute atomic E-state index is 0.00120. The number of aryl methyl sites for hydroxylation is 1. The fraction of sp³-hybridized carbons (Fsp3) is 0.345. The van der Waals surface area contributed by atoms with Gasteiger partial charge in [-0.15, -0.1) is 5.10 Å². The van der Waals surface area contributed by atoms with Crippen molar-refractivity contribution in [1.82, 2.24) is 34.6 Å². The molecule has 212 valence electrons. The number of carbonyl (C=O) groups is 2. The third kappa shape index (κ3) is 4.95. The first kappa shape index (κ1) is 27.6. The normalized spacial score (nSPS) is 19.5. The summed E-state index contributed by atoms with van der Waals surface area (Å²) in [5, 5.41) is 13.4. The first-order valence-electron chi connectivity index (χ1n) is 13.3. The van der Waals surface area contributed by atoms with E-state index in [1.807, 2.05) is 21.6 Å². The molecule has 0 saturated carbocycles. The van der Waals surface area contributed by atoms with Gasteiger partial charge in [0, 0.05) is 30.0 Å². The maximum absolute atomic E-state index is 14.3. The van der Waals surface area contributed by atoms with Gasteiger partial charge >= 0.3 is 0 Å². The molecule has 1 saturated heterocycles. The van der Waals surface area contributed by atoms with Gasteiger partial charge in [0.1, 0.15) is 11.5 Å². The van der Waals surface area contributed by atoms with Crippen LogP contribution in [-0.4, -0.2) is 60.0 Å². The van der Waals surface area contributed by atoms with Gasteiger partial charge in [-0.05, 0) is 48.7 Å². The Labute approximate surface area is 250 Å². The van der Waals surface area contributed by atoms with Crippen molar-refractivity contribution in [3.63, 3.8) is 0 Å². The monoisotopic (exact) mass is 639 g/mol. The zero-order chi connectivity index (χ0) is 29.0. The smallest absolute Gasteiger partial charge is 0.229 e. The van der Waals surface area contributed by atoms with Crippen LogP contribution in [0.1, 0.15) is 47.8 Å². The third-order valence-corrected chi connectivity index (χ3v) is 9.42. The van der Waals surface area contributed by atoms with Crippen molar-refractivity contribution in [2.45, 2.75) is 45.4 Å². The first-order chi connectivity index (χ1) is 19.6. The van der Waals surface area contributed by atoms with Crippen molar-refractivity contribution >= 4 is 39.3 Å². The topological polar surface area (TPSA) is 89.2 Å². The van der Waals surface area contributed by atoms with Crippen LogP contribution in [0.2, 0.25) is 5.02 Å². The average Bonchev–Trinajstić information content (AvgIpc) is 3.68. The SMILES string of the molecule is Cc1cc([C@@H](C)n2cc(-c3cnn4c3CN(C(=O)C3CC(=O)N(C)C3c3ccc(Cl)c(F)c3)CC4)nn2)ccc1Br. The Morgan fingerprint density at radius 3 is 2.76 bits per heavy atom. The molecule has 4 heterocycles. The minimum Gasteiger partial charge on any atom is -0.338 e. The fourth-order valence-corrected chi connectivity index (χ4v) is 6.16. The zero-order valence-electron chi connectivity index (χ0n) is 22.8. The second-order valence-corrected chi connectivity index (χ2v) is 12.0. The van der Waals surface area contributed by atoms with Crippen molar-refractivity contribution in [2.24, 2.45) is 5.92 Å². The largest absolute Gasteiger partial charge is 0.338 e. The second kappa shape index (κ2) is 10.7. The lowest BCUT2D eigenvalue weighted by Gasteiger charge is -2.33. The van der Waals surface area contributed by atoms with Gasteiger partial charge in [0.2, 0.25) is 11.8 Å². The summed E-state index contributed by atoms with van der Waals surface area (Å²) in [5.41, 5.74) is 5.14. The Balaban J connectivity index is 1.24. The van der Waals surface area contributed by atoms with E-state index in [2.05, 4.69) is 57.3 Å². The van der Waals surface area contributed by atoms with Crippen LogP contribution < -0.4 is 0 Å². The van der Waals surface area contributed by atoms with Crippen molar-refractivity contribution < 1.29 is 14.0 Å². The number of rotatable bonds is 5. The van der Waals surface area contributed by atoms with Gasteiger partial charge in [-0.25, -0.2) is 9.07 Å². The van der Waals surface area contributed by atoms with Crippen LogP contribution in [0.4, 0.5) is 4.39 Å². The molecule has 0 bridgehead atoms. The van der Waals surface area contributed by atoms with E-state index < -0.39 is 17.8 Å². The molecule has 6 rings (SSSR count). The van der Waals surface area contributed by atoms with E-state index in [1.54, 1.807) is 24.2 Å². The molecule has 2 unspecified atom stereocenters. The van der Waals surface area contributed by atoms with Crippen LogP contribution in [0.15, 0.2) is 53.3 Å². The van der Waals surface area contributed by atoms with Crippen molar-refractivity contribution in [2.75, 3.05) is 13.6 Å². The predicted molar refractivity (Wildman–Crippen MR) is 154 cm³/mol. The molecule has 2 aromatic heterocycles. The molecular formula is C29H28BrClFN7O2. The van der Waals surface area contributed by atoms with Gasteiger partial charge in [0.25, 0.3) is 0 Å². The van der Waals surface area contributed by atoms with E-state index in [4.69, 9.17) is 11.6 Å². The maximum atomic E-state index is 14.3. The van der Waals surface area contributed by atoms with E-state index >= 15 is 0 Å². The Hall–Kier alpha value is -3.57. The van der Waals surface area contributed by atoms with E-state index in [0.29, 0.717) is 30.9 Å². The van der Waals surface area contributed by atoms with E-state index in [-0.39, 0.29) is 29.3 Å². The number of likely N-dealkylation sites (tertiary alicyclic amines) is 1. The Morgan fingerprint density at radius 2 is 2.00 bits per heavy atom. The lowest BCUT2D eigenvalue weighted by molar-refractivity contribution is -0.138. The Kier molecular flexibility index (Phi) is 7.19. The summed E-state index contributed by atoms with van der Waals surface area (Å²) < 4.78 is 19.1. The molecule has 0 N–H and O–H groups in total. The Morgan fingerprint density at radius 1 is 1.20 bits per heavy atom. The highest BCUT2D eigenvalue weighted by molar-refractivity contribution is 9.10. The van der Waals surface area contributed by atoms with Gasteiger partial charge in [0.15, 0.2) is 0 Å². The molecular weight excluding hydrogens is 613 g/mol. The third-order valence-electron chi connectivity index (χ3n) is 8.22. The number of aromatic nitrogens is 5. The Bertz CT molecular complexity index is 1670. The lowest BCUT2D eigenvalue weighted by Crippen LogP contribution is -2.43. The van der Waals surface area contributed by atoms with Crippen molar-refractivity contribution in [3.05, 3.63) is 86.5 Å². The van der Waals surface area contributed by atoms with Gasteiger partial charge in [-0.3, -0.25) is 14.3 Å². The van der Waals surface area contributed by atoms with Gasteiger partial charge in [-0.1, -0.05) is 50.9 Å². The number of nitrogens with zero attached hydrogens (tertiary/aromatic N) is 7. The molecule has 2 aromatic carbocycles. The van der Waals surface area contributed by atoms with Gasteiger partial charge in [0.05, 0.1) is 54.2 Å². The molecule has 1 fully saturated rings. The molecule has 2 amide bonds. The van der Waals surface area contributed by atoms with Crippen LogP contribution in [0.3, 0.4) is 0 Å². The maximum Gasteiger partial charge on any atom is 0.229 e. The van der Waals surface area contributed by atoms with Crippen LogP contribution in [0.25, 0.3) is 11.3 Å². The van der Waals surface area contributed by atoms with Crippen molar-refractivity contribution in [1.29, 1.82) is 0 Å². The van der Waals surface area contributed by atoms with Crippen molar-refractivity contribution in [3.8, 4) is 11.3 Å². The number of benzene rings is 2. The number of fused-ring (bicyclic) bond motifs is 1. The number of carbonyl (C=O) groups excluding carboxylic acids is 2. The molecule has 4 aromatic rings.